The molecule has 1 aromatic rings. The van der Waals surface area contributed by atoms with E-state index in [2.05, 4.69) is 47.9 Å². The highest BCUT2D eigenvalue weighted by Crippen LogP contribution is 2.13. The number of rotatable bonds is 8. The van der Waals surface area contributed by atoms with Crippen molar-refractivity contribution >= 4 is 0 Å². The molecule has 1 fully saturated rings. The van der Waals surface area contributed by atoms with E-state index in [1.54, 1.807) is 0 Å². The quantitative estimate of drug-likeness (QED) is 0.794. The minimum absolute atomic E-state index is 0.500. The molecular weight excluding hydrogens is 248 g/mol. The van der Waals surface area contributed by atoms with Crippen LogP contribution >= 0.6 is 0 Å². The summed E-state index contributed by atoms with van der Waals surface area (Å²) >= 11 is 0. The van der Waals surface area contributed by atoms with Crippen LogP contribution in [0, 0.1) is 0 Å². The lowest BCUT2D eigenvalue weighted by atomic mass is 10.2. The van der Waals surface area contributed by atoms with Crippen LogP contribution in [0.4, 0.5) is 0 Å². The first-order valence-corrected chi connectivity index (χ1v) is 8.22. The minimum Gasteiger partial charge on any atom is -0.313 e. The summed E-state index contributed by atoms with van der Waals surface area (Å²) in [5, 5.41) is 8.33. The van der Waals surface area contributed by atoms with Gasteiger partial charge in [0.25, 0.3) is 0 Å². The monoisotopic (exact) mass is 278 g/mol. The Bertz CT molecular complexity index is 382. The lowest BCUT2D eigenvalue weighted by Gasteiger charge is -2.24. The van der Waals surface area contributed by atoms with E-state index < -0.39 is 0 Å². The van der Waals surface area contributed by atoms with E-state index in [1.807, 2.05) is 0 Å². The van der Waals surface area contributed by atoms with Gasteiger partial charge in [0.15, 0.2) is 0 Å². The van der Waals surface area contributed by atoms with Gasteiger partial charge in [0, 0.05) is 31.4 Å². The van der Waals surface area contributed by atoms with Crippen LogP contribution in [0.15, 0.2) is 12.3 Å². The Balaban J connectivity index is 1.90. The smallest absolute Gasteiger partial charge is 0.0764 e. The van der Waals surface area contributed by atoms with E-state index in [0.717, 1.165) is 26.1 Å². The SMILES string of the molecule is CCCN(Cc1ccn(C(C)CC)n1)CC1CCCN1. The fourth-order valence-electron chi connectivity index (χ4n) is 2.90. The van der Waals surface area contributed by atoms with Crippen molar-refractivity contribution in [2.45, 2.75) is 65.1 Å². The molecule has 0 amide bonds. The topological polar surface area (TPSA) is 33.1 Å². The Hall–Kier alpha value is -0.870. The van der Waals surface area contributed by atoms with Gasteiger partial charge in [0.2, 0.25) is 0 Å². The van der Waals surface area contributed by atoms with Crippen LogP contribution in [0.25, 0.3) is 0 Å². The molecule has 2 unspecified atom stereocenters. The summed E-state index contributed by atoms with van der Waals surface area (Å²) < 4.78 is 2.10. The van der Waals surface area contributed by atoms with Crippen molar-refractivity contribution in [3.05, 3.63) is 18.0 Å². The van der Waals surface area contributed by atoms with Gasteiger partial charge in [-0.25, -0.2) is 0 Å². The van der Waals surface area contributed by atoms with Gasteiger partial charge in [-0.2, -0.15) is 5.10 Å². The summed E-state index contributed by atoms with van der Waals surface area (Å²) in [4.78, 5) is 2.55. The van der Waals surface area contributed by atoms with Gasteiger partial charge in [-0.15, -0.1) is 0 Å². The molecule has 2 atom stereocenters. The predicted molar refractivity (Wildman–Crippen MR) is 83.8 cm³/mol. The molecule has 1 aliphatic rings. The molecule has 1 aliphatic heterocycles. The van der Waals surface area contributed by atoms with E-state index in [9.17, 15) is 0 Å². The largest absolute Gasteiger partial charge is 0.313 e. The third-order valence-corrected chi connectivity index (χ3v) is 4.27. The molecule has 0 saturated carbocycles. The first kappa shape index (κ1) is 15.5. The molecule has 0 aromatic carbocycles. The summed E-state index contributed by atoms with van der Waals surface area (Å²) in [6.07, 6.45) is 7.11. The van der Waals surface area contributed by atoms with Crippen molar-refractivity contribution < 1.29 is 0 Å². The molecule has 4 nitrogen and oxygen atoms in total. The molecule has 114 valence electrons. The van der Waals surface area contributed by atoms with Crippen molar-refractivity contribution in [2.24, 2.45) is 0 Å². The first-order chi connectivity index (χ1) is 9.72. The average Bonchev–Trinajstić information content (AvgIpc) is 3.10. The van der Waals surface area contributed by atoms with Gasteiger partial charge >= 0.3 is 0 Å². The van der Waals surface area contributed by atoms with Crippen molar-refractivity contribution in [1.82, 2.24) is 20.0 Å². The van der Waals surface area contributed by atoms with E-state index >= 15 is 0 Å². The molecule has 1 aromatic heterocycles. The molecule has 4 heteroatoms. The Kier molecular flexibility index (Phi) is 6.05. The Morgan fingerprint density at radius 1 is 1.50 bits per heavy atom. The van der Waals surface area contributed by atoms with Crippen LogP contribution in [0.3, 0.4) is 0 Å². The van der Waals surface area contributed by atoms with Crippen LogP contribution in [0.2, 0.25) is 0 Å². The number of nitrogens with zero attached hydrogens (tertiary/aromatic N) is 3. The van der Waals surface area contributed by atoms with Gasteiger partial charge in [0.1, 0.15) is 0 Å². The Morgan fingerprint density at radius 2 is 2.35 bits per heavy atom. The predicted octanol–water partition coefficient (Wildman–Crippen LogP) is 2.82. The maximum Gasteiger partial charge on any atom is 0.0764 e. The molecule has 0 radical (unpaired) electrons. The molecule has 0 aliphatic carbocycles. The molecule has 0 bridgehead atoms. The zero-order valence-corrected chi connectivity index (χ0v) is 13.3. The summed E-state index contributed by atoms with van der Waals surface area (Å²) in [5.74, 6) is 0. The van der Waals surface area contributed by atoms with Crippen molar-refractivity contribution in [3.8, 4) is 0 Å². The van der Waals surface area contributed by atoms with E-state index in [0.29, 0.717) is 12.1 Å². The highest BCUT2D eigenvalue weighted by Gasteiger charge is 2.18. The van der Waals surface area contributed by atoms with E-state index in [1.165, 1.54) is 31.5 Å². The third-order valence-electron chi connectivity index (χ3n) is 4.27. The van der Waals surface area contributed by atoms with Crippen LogP contribution in [-0.4, -0.2) is 40.4 Å². The standard InChI is InChI=1S/C16H30N4/c1-4-10-19(12-15-7-6-9-17-15)13-16-8-11-20(18-16)14(3)5-2/h8,11,14-15,17H,4-7,9-10,12-13H2,1-3H3. The van der Waals surface area contributed by atoms with Crippen molar-refractivity contribution in [1.29, 1.82) is 0 Å². The number of hydrogen-bond acceptors (Lipinski definition) is 3. The van der Waals surface area contributed by atoms with Crippen LogP contribution < -0.4 is 5.32 Å². The molecule has 20 heavy (non-hydrogen) atoms. The van der Waals surface area contributed by atoms with Gasteiger partial charge < -0.3 is 5.32 Å². The second-order valence-electron chi connectivity index (χ2n) is 6.07. The zero-order chi connectivity index (χ0) is 14.4. The summed E-state index contributed by atoms with van der Waals surface area (Å²) in [5.41, 5.74) is 1.21. The van der Waals surface area contributed by atoms with E-state index in [-0.39, 0.29) is 0 Å². The fourth-order valence-corrected chi connectivity index (χ4v) is 2.90. The fraction of sp³-hybridized carbons (Fsp3) is 0.812. The highest BCUT2D eigenvalue weighted by atomic mass is 15.3. The van der Waals surface area contributed by atoms with Gasteiger partial charge in [0.05, 0.1) is 5.69 Å². The number of hydrogen-bond donors (Lipinski definition) is 1. The average molecular weight is 278 g/mol. The first-order valence-electron chi connectivity index (χ1n) is 8.22. The van der Waals surface area contributed by atoms with Gasteiger partial charge in [-0.05, 0) is 51.8 Å². The van der Waals surface area contributed by atoms with Crippen LogP contribution in [-0.2, 0) is 6.54 Å². The normalized spacial score (nSPS) is 20.7. The number of nitrogens with one attached hydrogen (secondary N) is 1. The van der Waals surface area contributed by atoms with Crippen LogP contribution in [0.1, 0.15) is 58.2 Å². The minimum atomic E-state index is 0.500. The second-order valence-corrected chi connectivity index (χ2v) is 6.07. The van der Waals surface area contributed by atoms with Crippen molar-refractivity contribution in [2.75, 3.05) is 19.6 Å². The molecule has 2 heterocycles. The van der Waals surface area contributed by atoms with E-state index in [4.69, 9.17) is 5.10 Å². The molecule has 0 spiro atoms. The second kappa shape index (κ2) is 7.79. The van der Waals surface area contributed by atoms with Crippen molar-refractivity contribution in [3.63, 3.8) is 0 Å². The van der Waals surface area contributed by atoms with Gasteiger partial charge in [-0.3, -0.25) is 9.58 Å². The Labute approximate surface area is 123 Å². The molecular formula is C16H30N4. The van der Waals surface area contributed by atoms with Gasteiger partial charge in [-0.1, -0.05) is 13.8 Å². The number of aromatic nitrogens is 2. The highest BCUT2D eigenvalue weighted by molar-refractivity contribution is 5.00. The maximum absolute atomic E-state index is 4.73. The Morgan fingerprint density at radius 3 is 3.00 bits per heavy atom. The maximum atomic E-state index is 4.73. The summed E-state index contributed by atoms with van der Waals surface area (Å²) in [6, 6.07) is 3.36. The third kappa shape index (κ3) is 4.32. The lowest BCUT2D eigenvalue weighted by molar-refractivity contribution is 0.238. The lowest BCUT2D eigenvalue weighted by Crippen LogP contribution is -2.37. The molecule has 1 N–H and O–H groups in total. The van der Waals surface area contributed by atoms with Crippen LogP contribution in [0.5, 0.6) is 0 Å². The zero-order valence-electron chi connectivity index (χ0n) is 13.3. The summed E-state index contributed by atoms with van der Waals surface area (Å²) in [7, 11) is 0. The molecule has 1 saturated heterocycles. The summed E-state index contributed by atoms with van der Waals surface area (Å²) in [6.45, 7) is 11.2. The molecule has 2 rings (SSSR count).